The van der Waals surface area contributed by atoms with Gasteiger partial charge in [-0.25, -0.2) is 17.2 Å². The van der Waals surface area contributed by atoms with Crippen LogP contribution in [0.2, 0.25) is 0 Å². The molecule has 144 valence electrons. The van der Waals surface area contributed by atoms with Gasteiger partial charge in [0.1, 0.15) is 0 Å². The largest absolute Gasteiger partial charge is 0.322 e. The Morgan fingerprint density at radius 2 is 1.52 bits per heavy atom. The molecule has 8 heteroatoms. The number of nitrogens with one attached hydrogen (secondary N) is 1. The van der Waals surface area contributed by atoms with Crippen molar-refractivity contribution in [3.8, 4) is 0 Å². The van der Waals surface area contributed by atoms with E-state index in [0.717, 1.165) is 37.8 Å². The molecule has 1 fully saturated rings. The molecule has 2 aromatic rings. The van der Waals surface area contributed by atoms with Crippen molar-refractivity contribution in [3.63, 3.8) is 0 Å². The number of nitrogens with zero attached hydrogens (tertiary/aromatic N) is 1. The Balaban J connectivity index is 1.72. The minimum Gasteiger partial charge on any atom is -0.322 e. The number of benzene rings is 2. The van der Waals surface area contributed by atoms with Crippen molar-refractivity contribution < 1.29 is 22.0 Å². The standard InChI is InChI=1S/C19H20F2N2O3S/c20-17-10-5-14(13-18(17)21)19(24)22-15-6-8-16(9-7-15)27(25,26)23-11-3-1-2-4-12-23/h5-10,13H,1-4,11-12H2,(H,22,24). The van der Waals surface area contributed by atoms with Gasteiger partial charge in [0.25, 0.3) is 5.91 Å². The van der Waals surface area contributed by atoms with E-state index in [1.807, 2.05) is 0 Å². The number of carbonyl (C=O) groups excluding carboxylic acids is 1. The molecule has 27 heavy (non-hydrogen) atoms. The third-order valence-electron chi connectivity index (χ3n) is 4.50. The van der Waals surface area contributed by atoms with Crippen LogP contribution >= 0.6 is 0 Å². The van der Waals surface area contributed by atoms with Crippen LogP contribution in [0.25, 0.3) is 0 Å². The summed E-state index contributed by atoms with van der Waals surface area (Å²) in [6.45, 7) is 1.02. The average Bonchev–Trinajstić information content (AvgIpc) is 2.94. The maximum atomic E-state index is 13.2. The predicted octanol–water partition coefficient (Wildman–Crippen LogP) is 3.78. The normalized spacial score (nSPS) is 15.9. The van der Waals surface area contributed by atoms with Crippen molar-refractivity contribution in [2.45, 2.75) is 30.6 Å². The molecule has 0 aromatic heterocycles. The molecule has 1 aliphatic heterocycles. The van der Waals surface area contributed by atoms with E-state index in [2.05, 4.69) is 5.32 Å². The zero-order valence-electron chi connectivity index (χ0n) is 14.6. The number of hydrogen-bond donors (Lipinski definition) is 1. The fourth-order valence-corrected chi connectivity index (χ4v) is 4.50. The Kier molecular flexibility index (Phi) is 5.86. The van der Waals surface area contributed by atoms with E-state index in [4.69, 9.17) is 0 Å². The van der Waals surface area contributed by atoms with E-state index >= 15 is 0 Å². The van der Waals surface area contributed by atoms with Gasteiger partial charge in [0, 0.05) is 24.3 Å². The molecule has 0 radical (unpaired) electrons. The number of amides is 1. The van der Waals surface area contributed by atoms with Gasteiger partial charge < -0.3 is 5.32 Å². The Bertz CT molecular complexity index is 922. The summed E-state index contributed by atoms with van der Waals surface area (Å²) in [4.78, 5) is 12.3. The number of sulfonamides is 1. The van der Waals surface area contributed by atoms with Crippen molar-refractivity contribution in [1.82, 2.24) is 4.31 Å². The molecule has 2 aromatic carbocycles. The first-order chi connectivity index (χ1) is 12.9. The molecule has 1 N–H and O–H groups in total. The second-order valence-electron chi connectivity index (χ2n) is 6.43. The van der Waals surface area contributed by atoms with E-state index in [-0.39, 0.29) is 10.5 Å². The van der Waals surface area contributed by atoms with E-state index in [0.29, 0.717) is 18.8 Å². The van der Waals surface area contributed by atoms with Gasteiger partial charge in [-0.1, -0.05) is 12.8 Å². The summed E-state index contributed by atoms with van der Waals surface area (Å²) in [5, 5.41) is 2.54. The van der Waals surface area contributed by atoms with E-state index < -0.39 is 27.6 Å². The van der Waals surface area contributed by atoms with Crippen LogP contribution in [0, 0.1) is 11.6 Å². The van der Waals surface area contributed by atoms with Gasteiger partial charge in [-0.15, -0.1) is 0 Å². The molecule has 0 atom stereocenters. The van der Waals surface area contributed by atoms with Gasteiger partial charge in [-0.05, 0) is 55.3 Å². The smallest absolute Gasteiger partial charge is 0.255 e. The highest BCUT2D eigenvalue weighted by Gasteiger charge is 2.25. The fourth-order valence-electron chi connectivity index (χ4n) is 2.98. The Morgan fingerprint density at radius 3 is 2.11 bits per heavy atom. The number of rotatable bonds is 4. The molecule has 0 aliphatic carbocycles. The van der Waals surface area contributed by atoms with Gasteiger partial charge in [-0.3, -0.25) is 4.79 Å². The van der Waals surface area contributed by atoms with E-state index in [1.165, 1.54) is 34.6 Å². The first kappa shape index (κ1) is 19.4. The van der Waals surface area contributed by atoms with Gasteiger partial charge >= 0.3 is 0 Å². The average molecular weight is 394 g/mol. The van der Waals surface area contributed by atoms with Crippen LogP contribution in [0.5, 0.6) is 0 Å². The molecular formula is C19H20F2N2O3S. The lowest BCUT2D eigenvalue weighted by Gasteiger charge is -2.20. The van der Waals surface area contributed by atoms with Gasteiger partial charge in [-0.2, -0.15) is 4.31 Å². The number of carbonyl (C=O) groups is 1. The summed E-state index contributed by atoms with van der Waals surface area (Å²) in [5.74, 6) is -2.76. The van der Waals surface area contributed by atoms with Crippen molar-refractivity contribution in [1.29, 1.82) is 0 Å². The lowest BCUT2D eigenvalue weighted by Crippen LogP contribution is -2.31. The molecule has 1 saturated heterocycles. The lowest BCUT2D eigenvalue weighted by molar-refractivity contribution is 0.102. The summed E-state index contributed by atoms with van der Waals surface area (Å²) < 4.78 is 53.1. The summed E-state index contributed by atoms with van der Waals surface area (Å²) in [7, 11) is -3.56. The molecule has 0 unspecified atom stereocenters. The second kappa shape index (κ2) is 8.14. The minimum absolute atomic E-state index is 0.0323. The molecular weight excluding hydrogens is 374 g/mol. The fraction of sp³-hybridized carbons (Fsp3) is 0.316. The quantitative estimate of drug-likeness (QED) is 0.858. The van der Waals surface area contributed by atoms with Crippen LogP contribution in [0.4, 0.5) is 14.5 Å². The van der Waals surface area contributed by atoms with Crippen LogP contribution in [-0.2, 0) is 10.0 Å². The molecule has 1 aliphatic rings. The van der Waals surface area contributed by atoms with Crippen molar-refractivity contribution in [2.24, 2.45) is 0 Å². The van der Waals surface area contributed by atoms with E-state index in [1.54, 1.807) is 0 Å². The molecule has 0 bridgehead atoms. The molecule has 1 amide bonds. The topological polar surface area (TPSA) is 66.5 Å². The maximum Gasteiger partial charge on any atom is 0.255 e. The third-order valence-corrected chi connectivity index (χ3v) is 6.41. The maximum absolute atomic E-state index is 13.2. The number of anilines is 1. The van der Waals surface area contributed by atoms with Crippen LogP contribution < -0.4 is 5.32 Å². The van der Waals surface area contributed by atoms with E-state index in [9.17, 15) is 22.0 Å². The minimum atomic E-state index is -3.56. The first-order valence-electron chi connectivity index (χ1n) is 8.74. The highest BCUT2D eigenvalue weighted by atomic mass is 32.2. The van der Waals surface area contributed by atoms with Gasteiger partial charge in [0.2, 0.25) is 10.0 Å². The molecule has 0 saturated carbocycles. The first-order valence-corrected chi connectivity index (χ1v) is 10.2. The number of hydrogen-bond acceptors (Lipinski definition) is 3. The van der Waals surface area contributed by atoms with Crippen LogP contribution in [0.1, 0.15) is 36.0 Å². The SMILES string of the molecule is O=C(Nc1ccc(S(=O)(=O)N2CCCCCC2)cc1)c1ccc(F)c(F)c1. The third kappa shape index (κ3) is 4.51. The van der Waals surface area contributed by atoms with Crippen molar-refractivity contribution in [3.05, 3.63) is 59.7 Å². The highest BCUT2D eigenvalue weighted by Crippen LogP contribution is 2.22. The molecule has 0 spiro atoms. The van der Waals surface area contributed by atoms with Gasteiger partial charge in [0.15, 0.2) is 11.6 Å². The molecule has 1 heterocycles. The van der Waals surface area contributed by atoms with Crippen molar-refractivity contribution in [2.75, 3.05) is 18.4 Å². The van der Waals surface area contributed by atoms with Crippen LogP contribution in [0.3, 0.4) is 0 Å². The van der Waals surface area contributed by atoms with Crippen LogP contribution in [-0.4, -0.2) is 31.7 Å². The summed E-state index contributed by atoms with van der Waals surface area (Å²) in [6.07, 6.45) is 3.76. The summed E-state index contributed by atoms with van der Waals surface area (Å²) in [5.41, 5.74) is 0.328. The zero-order chi connectivity index (χ0) is 19.4. The Hall–Kier alpha value is -2.32. The predicted molar refractivity (Wildman–Crippen MR) is 98.0 cm³/mol. The monoisotopic (exact) mass is 394 g/mol. The van der Waals surface area contributed by atoms with Crippen molar-refractivity contribution >= 4 is 21.6 Å². The molecule has 5 nitrogen and oxygen atoms in total. The highest BCUT2D eigenvalue weighted by molar-refractivity contribution is 7.89. The Labute approximate surface area is 157 Å². The summed E-state index contributed by atoms with van der Waals surface area (Å²) in [6, 6.07) is 8.67. The molecule has 3 rings (SSSR count). The lowest BCUT2D eigenvalue weighted by atomic mass is 10.2. The Morgan fingerprint density at radius 1 is 0.889 bits per heavy atom. The zero-order valence-corrected chi connectivity index (χ0v) is 15.4. The second-order valence-corrected chi connectivity index (χ2v) is 8.36. The van der Waals surface area contributed by atoms with Crippen LogP contribution in [0.15, 0.2) is 47.4 Å². The summed E-state index contributed by atoms with van der Waals surface area (Å²) >= 11 is 0. The van der Waals surface area contributed by atoms with Gasteiger partial charge in [0.05, 0.1) is 4.90 Å². The number of halogens is 2.